The van der Waals surface area contributed by atoms with Gasteiger partial charge < -0.3 is 15.4 Å². The maximum atomic E-state index is 14.0. The lowest BCUT2D eigenvalue weighted by molar-refractivity contribution is -0.0757. The number of primary amides is 1. The molecule has 2 heterocycles. The lowest BCUT2D eigenvalue weighted by atomic mass is 9.91. The summed E-state index contributed by atoms with van der Waals surface area (Å²) in [6.07, 6.45) is -0.468. The minimum absolute atomic E-state index is 0.0365. The zero-order valence-corrected chi connectivity index (χ0v) is 16.5. The van der Waals surface area contributed by atoms with Gasteiger partial charge in [0.1, 0.15) is 16.4 Å². The van der Waals surface area contributed by atoms with Crippen molar-refractivity contribution in [3.8, 4) is 0 Å². The number of halogens is 4. The largest absolute Gasteiger partial charge is 0.444 e. The maximum Gasteiger partial charge on any atom is 0.405 e. The summed E-state index contributed by atoms with van der Waals surface area (Å²) in [5.41, 5.74) is 4.00. The molecule has 1 fully saturated rings. The van der Waals surface area contributed by atoms with Crippen LogP contribution in [0.5, 0.6) is 0 Å². The molecule has 1 aromatic heterocycles. The molecule has 0 unspecified atom stereocenters. The zero-order chi connectivity index (χ0) is 20.4. The normalized spacial score (nSPS) is 19.6. The van der Waals surface area contributed by atoms with Crippen molar-refractivity contribution in [2.45, 2.75) is 57.1 Å². The Morgan fingerprint density at radius 1 is 1.41 bits per heavy atom. The van der Waals surface area contributed by atoms with Gasteiger partial charge in [-0.1, -0.05) is 23.2 Å². The lowest BCUT2D eigenvalue weighted by Crippen LogP contribution is -2.52. The number of rotatable bonds is 5. The number of piperidine rings is 1. The molecule has 1 atom stereocenters. The van der Waals surface area contributed by atoms with Crippen LogP contribution in [0.4, 0.5) is 13.6 Å². The van der Waals surface area contributed by atoms with Gasteiger partial charge in [0.25, 0.3) is 11.8 Å². The van der Waals surface area contributed by atoms with E-state index in [1.165, 1.54) is 12.1 Å². The Morgan fingerprint density at radius 2 is 2.07 bits per heavy atom. The number of ether oxygens (including phenoxy) is 1. The van der Waals surface area contributed by atoms with Gasteiger partial charge in [0.15, 0.2) is 0 Å². The van der Waals surface area contributed by atoms with Gasteiger partial charge in [0, 0.05) is 12.5 Å². The number of carbonyl (C=O) groups is 2. The van der Waals surface area contributed by atoms with E-state index in [2.05, 4.69) is 4.98 Å². The number of nitrogens with zero attached hydrogens (tertiary/aromatic N) is 2. The van der Waals surface area contributed by atoms with E-state index in [0.29, 0.717) is 12.8 Å². The van der Waals surface area contributed by atoms with Crippen LogP contribution in [-0.2, 0) is 4.74 Å². The van der Waals surface area contributed by atoms with Gasteiger partial charge in [0.05, 0.1) is 11.6 Å². The van der Waals surface area contributed by atoms with Crippen molar-refractivity contribution in [3.63, 3.8) is 0 Å². The third-order valence-electron chi connectivity index (χ3n) is 4.42. The van der Waals surface area contributed by atoms with Gasteiger partial charge in [-0.25, -0.2) is 18.6 Å². The van der Waals surface area contributed by atoms with Gasteiger partial charge in [-0.3, -0.25) is 4.79 Å². The monoisotopic (exact) mass is 423 g/mol. The van der Waals surface area contributed by atoms with Crippen molar-refractivity contribution < 1.29 is 23.1 Å². The Morgan fingerprint density at radius 3 is 2.70 bits per heavy atom. The van der Waals surface area contributed by atoms with Crippen LogP contribution in [0.15, 0.2) is 12.1 Å². The standard InChI is InChI=1S/C17H21Cl2F2N3O3/c1-16(2,27-15(22)26)7-5-10-6-8-17(20,21)9-24(10)14(25)13-11(18)3-4-12(19)23-13/h3-4,10H,5-9H2,1-2H3,(H2,22,26)/t10-/m1/s1. The highest BCUT2D eigenvalue weighted by atomic mass is 35.5. The molecule has 1 aliphatic rings. The second-order valence-electron chi connectivity index (χ2n) is 7.17. The third-order valence-corrected chi connectivity index (χ3v) is 4.93. The van der Waals surface area contributed by atoms with Crippen LogP contribution in [0.3, 0.4) is 0 Å². The van der Waals surface area contributed by atoms with Crippen molar-refractivity contribution in [1.82, 2.24) is 9.88 Å². The first-order valence-electron chi connectivity index (χ1n) is 8.39. The van der Waals surface area contributed by atoms with Crippen molar-refractivity contribution in [1.29, 1.82) is 0 Å². The molecule has 150 valence electrons. The molecule has 0 saturated carbocycles. The zero-order valence-electron chi connectivity index (χ0n) is 15.0. The molecular weight excluding hydrogens is 403 g/mol. The number of alkyl halides is 2. The summed E-state index contributed by atoms with van der Waals surface area (Å²) >= 11 is 11.8. The highest BCUT2D eigenvalue weighted by molar-refractivity contribution is 6.34. The summed E-state index contributed by atoms with van der Waals surface area (Å²) < 4.78 is 33.0. The number of hydrogen-bond donors (Lipinski definition) is 1. The van der Waals surface area contributed by atoms with E-state index in [9.17, 15) is 18.4 Å². The highest BCUT2D eigenvalue weighted by Gasteiger charge is 2.43. The molecule has 0 aliphatic carbocycles. The summed E-state index contributed by atoms with van der Waals surface area (Å²) in [7, 11) is 0. The van der Waals surface area contributed by atoms with Crippen LogP contribution in [0.25, 0.3) is 0 Å². The topological polar surface area (TPSA) is 85.5 Å². The molecule has 0 aromatic carbocycles. The predicted molar refractivity (Wildman–Crippen MR) is 97.2 cm³/mol. The SMILES string of the molecule is CC(C)(CC[C@@H]1CCC(F)(F)CN1C(=O)c1nc(Cl)ccc1Cl)OC(N)=O. The molecule has 1 saturated heterocycles. The maximum absolute atomic E-state index is 14.0. The van der Waals surface area contributed by atoms with Crippen LogP contribution in [0.1, 0.15) is 50.0 Å². The van der Waals surface area contributed by atoms with E-state index >= 15 is 0 Å². The van der Waals surface area contributed by atoms with Crippen molar-refractivity contribution >= 4 is 35.2 Å². The molecule has 1 aromatic rings. The summed E-state index contributed by atoms with van der Waals surface area (Å²) in [6.45, 7) is 2.59. The van der Waals surface area contributed by atoms with E-state index in [1.54, 1.807) is 13.8 Å². The molecule has 2 N–H and O–H groups in total. The van der Waals surface area contributed by atoms with Gasteiger partial charge in [-0.15, -0.1) is 0 Å². The van der Waals surface area contributed by atoms with Crippen LogP contribution in [0, 0.1) is 0 Å². The number of aromatic nitrogens is 1. The second kappa shape index (κ2) is 8.14. The van der Waals surface area contributed by atoms with E-state index in [0.717, 1.165) is 4.90 Å². The van der Waals surface area contributed by atoms with Gasteiger partial charge in [0.2, 0.25) is 0 Å². The van der Waals surface area contributed by atoms with Gasteiger partial charge in [-0.2, -0.15) is 0 Å². The highest BCUT2D eigenvalue weighted by Crippen LogP contribution is 2.35. The van der Waals surface area contributed by atoms with E-state index in [4.69, 9.17) is 33.7 Å². The second-order valence-corrected chi connectivity index (χ2v) is 7.96. The third kappa shape index (κ3) is 5.90. The first-order valence-corrected chi connectivity index (χ1v) is 9.15. The molecular formula is C17H21Cl2F2N3O3. The molecule has 2 amide bonds. The van der Waals surface area contributed by atoms with Crippen molar-refractivity contribution in [3.05, 3.63) is 28.0 Å². The molecule has 6 nitrogen and oxygen atoms in total. The lowest BCUT2D eigenvalue weighted by Gasteiger charge is -2.40. The van der Waals surface area contributed by atoms with Gasteiger partial charge in [-0.05, 0) is 45.2 Å². The quantitative estimate of drug-likeness (QED) is 0.715. The summed E-state index contributed by atoms with van der Waals surface area (Å²) in [6, 6.07) is 2.32. The molecule has 2 rings (SSSR count). The van der Waals surface area contributed by atoms with Crippen LogP contribution in [-0.4, -0.2) is 46.0 Å². The van der Waals surface area contributed by atoms with Crippen LogP contribution in [0.2, 0.25) is 10.2 Å². The van der Waals surface area contributed by atoms with Crippen LogP contribution < -0.4 is 5.73 Å². The average Bonchev–Trinajstić information content (AvgIpc) is 2.53. The number of hydrogen-bond acceptors (Lipinski definition) is 4. The number of amides is 2. The number of nitrogens with two attached hydrogens (primary N) is 1. The summed E-state index contributed by atoms with van der Waals surface area (Å²) in [4.78, 5) is 28.8. The summed E-state index contributed by atoms with van der Waals surface area (Å²) in [5, 5.41) is 0.0773. The first kappa shape index (κ1) is 21.6. The molecule has 1 aliphatic heterocycles. The minimum Gasteiger partial charge on any atom is -0.444 e. The Labute approximate surface area is 165 Å². The van der Waals surface area contributed by atoms with E-state index < -0.39 is 36.1 Å². The fourth-order valence-electron chi connectivity index (χ4n) is 3.07. The Balaban J connectivity index is 2.21. The van der Waals surface area contributed by atoms with Gasteiger partial charge >= 0.3 is 6.09 Å². The fourth-order valence-corrected chi connectivity index (χ4v) is 3.40. The number of likely N-dealkylation sites (tertiary alicyclic amines) is 1. The molecule has 27 heavy (non-hydrogen) atoms. The Bertz CT molecular complexity index is 731. The van der Waals surface area contributed by atoms with Crippen molar-refractivity contribution in [2.75, 3.05) is 6.54 Å². The first-order chi connectivity index (χ1) is 12.4. The van der Waals surface area contributed by atoms with E-state index in [1.807, 2.05) is 0 Å². The van der Waals surface area contributed by atoms with Crippen LogP contribution >= 0.6 is 23.2 Å². The predicted octanol–water partition coefficient (Wildman–Crippen LogP) is 4.28. The number of pyridine rings is 1. The fraction of sp³-hybridized carbons (Fsp3) is 0.588. The Hall–Kier alpha value is -1.67. The van der Waals surface area contributed by atoms with E-state index in [-0.39, 0.29) is 28.7 Å². The average molecular weight is 424 g/mol. The molecule has 0 spiro atoms. The number of carbonyl (C=O) groups excluding carboxylic acids is 2. The van der Waals surface area contributed by atoms with Crippen molar-refractivity contribution in [2.24, 2.45) is 5.73 Å². The smallest absolute Gasteiger partial charge is 0.405 e. The molecule has 0 radical (unpaired) electrons. The molecule has 0 bridgehead atoms. The summed E-state index contributed by atoms with van der Waals surface area (Å²) in [5.74, 6) is -3.71. The Kier molecular flexibility index (Phi) is 6.52. The molecule has 10 heteroatoms. The minimum atomic E-state index is -3.00.